The second kappa shape index (κ2) is 5.21. The smallest absolute Gasteiger partial charge is 0.220 e. The summed E-state index contributed by atoms with van der Waals surface area (Å²) in [7, 11) is -3.92. The number of benzene rings is 2. The molecule has 3 rings (SSSR count). The van der Waals surface area contributed by atoms with E-state index in [9.17, 15) is 18.1 Å². The maximum absolute atomic E-state index is 13.7. The van der Waals surface area contributed by atoms with Crippen molar-refractivity contribution in [3.05, 3.63) is 64.4 Å². The molecule has 0 aliphatic carbocycles. The number of nitrogens with zero attached hydrogens (tertiary/aromatic N) is 2. The van der Waals surface area contributed by atoms with E-state index in [2.05, 4.69) is 0 Å². The fourth-order valence-corrected chi connectivity index (χ4v) is 3.74. The maximum atomic E-state index is 13.7. The number of fused-ring (bicyclic) bond motifs is 1. The van der Waals surface area contributed by atoms with Crippen LogP contribution in [0.2, 0.25) is 0 Å². The first-order valence-electron chi connectivity index (χ1n) is 6.87. The Morgan fingerprint density at radius 3 is 2.48 bits per heavy atom. The number of nitriles is 1. The number of anilines is 2. The highest BCUT2D eigenvalue weighted by Gasteiger charge is 2.32. The molecule has 0 fully saturated rings. The first-order valence-corrected chi connectivity index (χ1v) is 8.36. The Morgan fingerprint density at radius 1 is 1.09 bits per heavy atom. The number of halogens is 1. The number of aryl methyl sites for hydroxylation is 2. The molecular formula is C17H13FN2O2S. The molecule has 2 aromatic rings. The van der Waals surface area contributed by atoms with Gasteiger partial charge in [-0.05, 0) is 55.3 Å². The summed E-state index contributed by atoms with van der Waals surface area (Å²) in [6.07, 6.45) is 1.24. The highest BCUT2D eigenvalue weighted by atomic mass is 32.2. The Kier molecular flexibility index (Phi) is 3.46. The van der Waals surface area contributed by atoms with E-state index in [-0.39, 0.29) is 15.5 Å². The Morgan fingerprint density at radius 2 is 1.83 bits per heavy atom. The number of hydrogen-bond acceptors (Lipinski definition) is 4. The summed E-state index contributed by atoms with van der Waals surface area (Å²) in [5.74, 6) is -0.540. The van der Waals surface area contributed by atoms with Gasteiger partial charge in [0.25, 0.3) is 0 Å². The van der Waals surface area contributed by atoms with Crippen molar-refractivity contribution in [2.24, 2.45) is 0 Å². The van der Waals surface area contributed by atoms with Gasteiger partial charge >= 0.3 is 0 Å². The lowest BCUT2D eigenvalue weighted by atomic mass is 10.1. The first kappa shape index (κ1) is 15.3. The molecule has 0 aromatic heterocycles. The van der Waals surface area contributed by atoms with Crippen LogP contribution in [0.5, 0.6) is 0 Å². The van der Waals surface area contributed by atoms with E-state index >= 15 is 0 Å². The fourth-order valence-electron chi connectivity index (χ4n) is 2.46. The summed E-state index contributed by atoms with van der Waals surface area (Å²) in [5, 5.41) is 9.17. The van der Waals surface area contributed by atoms with Gasteiger partial charge < -0.3 is 4.90 Å². The quantitative estimate of drug-likeness (QED) is 0.748. The summed E-state index contributed by atoms with van der Waals surface area (Å²) in [4.78, 5) is 1.09. The molecule has 0 saturated heterocycles. The molecule has 1 heterocycles. The monoisotopic (exact) mass is 328 g/mol. The van der Waals surface area contributed by atoms with Crippen LogP contribution in [0.1, 0.15) is 11.1 Å². The van der Waals surface area contributed by atoms with Gasteiger partial charge in [-0.2, -0.15) is 5.26 Å². The summed E-state index contributed by atoms with van der Waals surface area (Å²) in [6.45, 7) is 3.89. The Hall–Kier alpha value is -2.65. The van der Waals surface area contributed by atoms with Crippen LogP contribution < -0.4 is 4.90 Å². The van der Waals surface area contributed by atoms with E-state index in [1.54, 1.807) is 12.1 Å². The third kappa shape index (κ3) is 2.39. The molecule has 0 bridgehead atoms. The van der Waals surface area contributed by atoms with Crippen molar-refractivity contribution < 1.29 is 12.8 Å². The van der Waals surface area contributed by atoms with Crippen molar-refractivity contribution in [1.82, 2.24) is 0 Å². The van der Waals surface area contributed by atoms with Gasteiger partial charge in [-0.25, -0.2) is 12.8 Å². The Balaban J connectivity index is 2.30. The lowest BCUT2D eigenvalue weighted by Crippen LogP contribution is -2.21. The zero-order valence-electron chi connectivity index (χ0n) is 12.5. The van der Waals surface area contributed by atoms with Crippen LogP contribution in [0, 0.1) is 31.0 Å². The van der Waals surface area contributed by atoms with E-state index in [1.807, 2.05) is 26.0 Å². The van der Waals surface area contributed by atoms with Crippen LogP contribution in [0.4, 0.5) is 15.8 Å². The topological polar surface area (TPSA) is 61.2 Å². The van der Waals surface area contributed by atoms with Crippen LogP contribution in [-0.4, -0.2) is 8.42 Å². The maximum Gasteiger partial charge on any atom is 0.220 e. The fraction of sp³-hybridized carbons (Fsp3) is 0.118. The van der Waals surface area contributed by atoms with Crippen molar-refractivity contribution >= 4 is 21.2 Å². The lowest BCUT2D eigenvalue weighted by molar-refractivity contribution is 0.600. The molecule has 2 aromatic carbocycles. The van der Waals surface area contributed by atoms with Crippen molar-refractivity contribution in [3.63, 3.8) is 0 Å². The highest BCUT2D eigenvalue weighted by Crippen LogP contribution is 2.40. The lowest BCUT2D eigenvalue weighted by Gasteiger charge is -2.28. The molecule has 4 nitrogen and oxygen atoms in total. The Bertz CT molecular complexity index is 988. The highest BCUT2D eigenvalue weighted by molar-refractivity contribution is 7.95. The van der Waals surface area contributed by atoms with E-state index in [0.717, 1.165) is 23.3 Å². The zero-order chi connectivity index (χ0) is 16.8. The minimum absolute atomic E-state index is 0.0730. The van der Waals surface area contributed by atoms with E-state index in [1.165, 1.54) is 17.2 Å². The predicted octanol–water partition coefficient (Wildman–Crippen LogP) is 3.73. The number of hydrogen-bond donors (Lipinski definition) is 0. The molecular weight excluding hydrogens is 315 g/mol. The molecule has 0 spiro atoms. The molecule has 23 heavy (non-hydrogen) atoms. The number of rotatable bonds is 1. The van der Waals surface area contributed by atoms with Gasteiger partial charge in [0.15, 0.2) is 4.91 Å². The van der Waals surface area contributed by atoms with Gasteiger partial charge in [-0.15, -0.1) is 0 Å². The van der Waals surface area contributed by atoms with Gasteiger partial charge in [0.05, 0.1) is 10.6 Å². The summed E-state index contributed by atoms with van der Waals surface area (Å²) >= 11 is 0. The van der Waals surface area contributed by atoms with Crippen molar-refractivity contribution in [3.8, 4) is 6.07 Å². The van der Waals surface area contributed by atoms with Crippen LogP contribution in [0.15, 0.2) is 52.4 Å². The normalized spacial score (nSPS) is 15.6. The molecule has 6 heteroatoms. The molecule has 0 atom stereocenters. The molecule has 0 radical (unpaired) electrons. The van der Waals surface area contributed by atoms with Crippen molar-refractivity contribution in [1.29, 1.82) is 5.26 Å². The van der Waals surface area contributed by atoms with Crippen LogP contribution >= 0.6 is 0 Å². The molecule has 1 aliphatic heterocycles. The molecule has 0 amide bonds. The van der Waals surface area contributed by atoms with E-state index < -0.39 is 15.7 Å². The van der Waals surface area contributed by atoms with Crippen molar-refractivity contribution in [2.45, 2.75) is 18.7 Å². The standard InChI is InChI=1S/C17H13FN2O2S/c1-11-3-5-14(7-12(11)2)20-10-15(9-19)23(21,22)17-6-4-13(18)8-16(17)20/h3-8,10H,1-2H3. The number of allylic oxidation sites excluding steroid dienone is 1. The minimum Gasteiger partial charge on any atom is -0.314 e. The van der Waals surface area contributed by atoms with E-state index in [4.69, 9.17) is 0 Å². The summed E-state index contributed by atoms with van der Waals surface area (Å²) in [5.41, 5.74) is 2.97. The third-order valence-corrected chi connectivity index (χ3v) is 5.58. The summed E-state index contributed by atoms with van der Waals surface area (Å²) < 4.78 is 38.5. The predicted molar refractivity (Wildman–Crippen MR) is 85.3 cm³/mol. The Labute approximate surface area is 134 Å². The van der Waals surface area contributed by atoms with Crippen LogP contribution in [-0.2, 0) is 9.84 Å². The molecule has 0 unspecified atom stereocenters. The van der Waals surface area contributed by atoms with Gasteiger partial charge in [0, 0.05) is 11.9 Å². The van der Waals surface area contributed by atoms with Gasteiger partial charge in [0.1, 0.15) is 11.9 Å². The average Bonchev–Trinajstić information content (AvgIpc) is 2.50. The minimum atomic E-state index is -3.92. The SMILES string of the molecule is Cc1ccc(N2C=C(C#N)S(=O)(=O)c3ccc(F)cc32)cc1C. The zero-order valence-corrected chi connectivity index (χ0v) is 13.4. The molecule has 1 aliphatic rings. The van der Waals surface area contributed by atoms with Gasteiger partial charge in [0.2, 0.25) is 9.84 Å². The van der Waals surface area contributed by atoms with Crippen LogP contribution in [0.3, 0.4) is 0 Å². The van der Waals surface area contributed by atoms with Gasteiger partial charge in [-0.1, -0.05) is 6.07 Å². The van der Waals surface area contributed by atoms with Gasteiger partial charge in [-0.3, -0.25) is 0 Å². The number of sulfone groups is 1. The molecule has 0 saturated carbocycles. The van der Waals surface area contributed by atoms with Crippen molar-refractivity contribution in [2.75, 3.05) is 4.90 Å². The molecule has 116 valence electrons. The molecule has 0 N–H and O–H groups in total. The first-order chi connectivity index (χ1) is 10.8. The third-order valence-electron chi connectivity index (χ3n) is 3.88. The van der Waals surface area contributed by atoms with E-state index in [0.29, 0.717) is 5.69 Å². The second-order valence-electron chi connectivity index (χ2n) is 5.36. The largest absolute Gasteiger partial charge is 0.314 e. The summed E-state index contributed by atoms with van der Waals surface area (Å²) in [6, 6.07) is 10.7. The van der Waals surface area contributed by atoms with Crippen LogP contribution in [0.25, 0.3) is 0 Å². The average molecular weight is 328 g/mol. The second-order valence-corrected chi connectivity index (χ2v) is 7.25.